The Labute approximate surface area is 151 Å². The third-order valence-corrected chi connectivity index (χ3v) is 4.49. The fourth-order valence-electron chi connectivity index (χ4n) is 3.12. The van der Waals surface area contributed by atoms with Gasteiger partial charge in [-0.15, -0.1) is 0 Å². The number of aromatic nitrogens is 6. The second-order valence-electron chi connectivity index (χ2n) is 6.51. The van der Waals surface area contributed by atoms with Crippen molar-refractivity contribution in [1.82, 2.24) is 29.3 Å². The summed E-state index contributed by atoms with van der Waals surface area (Å²) in [6.45, 7) is 4.62. The lowest BCUT2D eigenvalue weighted by molar-refractivity contribution is 0.754. The van der Waals surface area contributed by atoms with Gasteiger partial charge in [-0.3, -0.25) is 4.98 Å². The molecule has 0 amide bonds. The van der Waals surface area contributed by atoms with E-state index in [1.807, 2.05) is 61.8 Å². The summed E-state index contributed by atoms with van der Waals surface area (Å²) in [5.41, 5.74) is 4.12. The van der Waals surface area contributed by atoms with Gasteiger partial charge in [0.15, 0.2) is 5.82 Å². The summed E-state index contributed by atoms with van der Waals surface area (Å²) in [7, 11) is 4.03. The van der Waals surface area contributed by atoms with Crippen molar-refractivity contribution in [1.29, 1.82) is 0 Å². The maximum absolute atomic E-state index is 4.73. The van der Waals surface area contributed by atoms with Crippen LogP contribution in [0.1, 0.15) is 17.2 Å². The smallest absolute Gasteiger partial charge is 0.174 e. The van der Waals surface area contributed by atoms with Crippen LogP contribution in [0.5, 0.6) is 0 Å². The largest absolute Gasteiger partial charge is 0.351 e. The number of fused-ring (bicyclic) bond motifs is 1. The molecule has 0 aliphatic carbocycles. The average Bonchev–Trinajstić information content (AvgIpc) is 3.14. The lowest BCUT2D eigenvalue weighted by atomic mass is 10.3. The molecule has 0 N–H and O–H groups in total. The number of rotatable bonds is 4. The van der Waals surface area contributed by atoms with E-state index in [0.717, 1.165) is 34.1 Å². The highest BCUT2D eigenvalue weighted by Gasteiger charge is 2.13. The Bertz CT molecular complexity index is 1080. The van der Waals surface area contributed by atoms with Crippen LogP contribution in [0.25, 0.3) is 16.9 Å². The first-order valence-electron chi connectivity index (χ1n) is 8.50. The minimum atomic E-state index is 0.639. The van der Waals surface area contributed by atoms with Gasteiger partial charge in [0.05, 0.1) is 35.7 Å². The average molecular weight is 347 g/mol. The normalized spacial score (nSPS) is 11.2. The summed E-state index contributed by atoms with van der Waals surface area (Å²) in [5, 5.41) is 4.49. The van der Waals surface area contributed by atoms with Crippen LogP contribution in [-0.4, -0.2) is 36.3 Å². The molecule has 3 aromatic heterocycles. The standard InChI is InChI=1S/C19H21N7/c1-13-9-14(2)26(23-13)18-11-20-10-17(22-18)24(3)12-19-21-15-7-5-6-8-16(15)25(19)4/h5-11H,12H2,1-4H3. The first kappa shape index (κ1) is 16.3. The van der Waals surface area contributed by atoms with Crippen LogP contribution in [0.15, 0.2) is 42.7 Å². The Kier molecular flexibility index (Phi) is 3.91. The van der Waals surface area contributed by atoms with E-state index in [4.69, 9.17) is 9.97 Å². The molecular formula is C19H21N7. The second-order valence-corrected chi connectivity index (χ2v) is 6.51. The topological polar surface area (TPSA) is 64.7 Å². The van der Waals surface area contributed by atoms with E-state index in [9.17, 15) is 0 Å². The van der Waals surface area contributed by atoms with Crippen LogP contribution >= 0.6 is 0 Å². The van der Waals surface area contributed by atoms with E-state index < -0.39 is 0 Å². The van der Waals surface area contributed by atoms with Crippen molar-refractivity contribution in [3.05, 3.63) is 59.9 Å². The monoisotopic (exact) mass is 347 g/mol. The molecule has 0 saturated heterocycles. The van der Waals surface area contributed by atoms with E-state index in [1.54, 1.807) is 12.4 Å². The zero-order valence-corrected chi connectivity index (χ0v) is 15.4. The SMILES string of the molecule is Cc1cc(C)n(-c2cncc(N(C)Cc3nc4ccccc4n3C)n2)n1. The molecule has 0 unspecified atom stereocenters. The molecule has 0 atom stereocenters. The van der Waals surface area contributed by atoms with Gasteiger partial charge in [-0.25, -0.2) is 14.6 Å². The molecule has 0 saturated carbocycles. The molecule has 7 heteroatoms. The maximum Gasteiger partial charge on any atom is 0.174 e. The number of benzene rings is 1. The number of imidazole rings is 1. The molecule has 132 valence electrons. The molecular weight excluding hydrogens is 326 g/mol. The van der Waals surface area contributed by atoms with Gasteiger partial charge in [-0.1, -0.05) is 12.1 Å². The van der Waals surface area contributed by atoms with Crippen molar-refractivity contribution in [2.75, 3.05) is 11.9 Å². The zero-order valence-electron chi connectivity index (χ0n) is 15.4. The second kappa shape index (κ2) is 6.25. The summed E-state index contributed by atoms with van der Waals surface area (Å²) in [6.07, 6.45) is 3.49. The van der Waals surface area contributed by atoms with Gasteiger partial charge in [0.1, 0.15) is 11.6 Å². The fourth-order valence-corrected chi connectivity index (χ4v) is 3.12. The van der Waals surface area contributed by atoms with Crippen molar-refractivity contribution >= 4 is 16.9 Å². The number of hydrogen-bond acceptors (Lipinski definition) is 5. The Morgan fingerprint density at radius 3 is 2.62 bits per heavy atom. The Morgan fingerprint density at radius 1 is 1.08 bits per heavy atom. The first-order chi connectivity index (χ1) is 12.5. The highest BCUT2D eigenvalue weighted by molar-refractivity contribution is 5.75. The van der Waals surface area contributed by atoms with Crippen molar-refractivity contribution in [2.24, 2.45) is 7.05 Å². The molecule has 0 fully saturated rings. The lowest BCUT2D eigenvalue weighted by Crippen LogP contribution is -2.21. The van der Waals surface area contributed by atoms with Gasteiger partial charge >= 0.3 is 0 Å². The Hall–Kier alpha value is -3.22. The lowest BCUT2D eigenvalue weighted by Gasteiger charge is -2.18. The minimum absolute atomic E-state index is 0.639. The predicted molar refractivity (Wildman–Crippen MR) is 101 cm³/mol. The molecule has 0 aliphatic heterocycles. The van der Waals surface area contributed by atoms with E-state index in [1.165, 1.54) is 0 Å². The fraction of sp³-hybridized carbons (Fsp3) is 0.263. The molecule has 0 aliphatic rings. The molecule has 3 heterocycles. The summed E-state index contributed by atoms with van der Waals surface area (Å²) in [4.78, 5) is 15.8. The molecule has 0 spiro atoms. The van der Waals surface area contributed by atoms with Crippen LogP contribution in [0.4, 0.5) is 5.82 Å². The van der Waals surface area contributed by atoms with Crippen LogP contribution in [0.3, 0.4) is 0 Å². The summed E-state index contributed by atoms with van der Waals surface area (Å²) in [6, 6.07) is 10.2. The molecule has 4 aromatic rings. The molecule has 7 nitrogen and oxygen atoms in total. The van der Waals surface area contributed by atoms with Gasteiger partial charge in [0.25, 0.3) is 0 Å². The highest BCUT2D eigenvalue weighted by atomic mass is 15.3. The number of anilines is 1. The van der Waals surface area contributed by atoms with E-state index in [0.29, 0.717) is 12.4 Å². The van der Waals surface area contributed by atoms with Crippen molar-refractivity contribution in [3.63, 3.8) is 0 Å². The third kappa shape index (κ3) is 2.81. The van der Waals surface area contributed by atoms with Gasteiger partial charge in [0, 0.05) is 19.8 Å². The van der Waals surface area contributed by atoms with Gasteiger partial charge in [-0.2, -0.15) is 5.10 Å². The molecule has 0 radical (unpaired) electrons. The number of para-hydroxylation sites is 2. The number of hydrogen-bond donors (Lipinski definition) is 0. The maximum atomic E-state index is 4.73. The Balaban J connectivity index is 1.64. The summed E-state index contributed by atoms with van der Waals surface area (Å²) < 4.78 is 3.93. The van der Waals surface area contributed by atoms with Crippen LogP contribution in [0.2, 0.25) is 0 Å². The van der Waals surface area contributed by atoms with Crippen molar-refractivity contribution < 1.29 is 0 Å². The van der Waals surface area contributed by atoms with E-state index >= 15 is 0 Å². The van der Waals surface area contributed by atoms with Crippen LogP contribution in [0, 0.1) is 13.8 Å². The van der Waals surface area contributed by atoms with Gasteiger partial charge in [-0.05, 0) is 32.0 Å². The zero-order chi connectivity index (χ0) is 18.3. The van der Waals surface area contributed by atoms with Gasteiger partial charge in [0.2, 0.25) is 0 Å². The molecule has 26 heavy (non-hydrogen) atoms. The highest BCUT2D eigenvalue weighted by Crippen LogP contribution is 2.18. The number of nitrogens with zero attached hydrogens (tertiary/aromatic N) is 7. The first-order valence-corrected chi connectivity index (χ1v) is 8.50. The van der Waals surface area contributed by atoms with Crippen LogP contribution < -0.4 is 4.90 Å². The Morgan fingerprint density at radius 2 is 1.88 bits per heavy atom. The van der Waals surface area contributed by atoms with Crippen molar-refractivity contribution in [2.45, 2.75) is 20.4 Å². The number of aryl methyl sites for hydroxylation is 3. The van der Waals surface area contributed by atoms with E-state index in [2.05, 4.69) is 20.7 Å². The third-order valence-electron chi connectivity index (χ3n) is 4.49. The predicted octanol–water partition coefficient (Wildman–Crippen LogP) is 2.80. The summed E-state index contributed by atoms with van der Waals surface area (Å²) >= 11 is 0. The van der Waals surface area contributed by atoms with Gasteiger partial charge < -0.3 is 9.47 Å². The molecule has 4 rings (SSSR count). The quantitative estimate of drug-likeness (QED) is 0.568. The van der Waals surface area contributed by atoms with Crippen molar-refractivity contribution in [3.8, 4) is 5.82 Å². The molecule has 0 bridgehead atoms. The van der Waals surface area contributed by atoms with E-state index in [-0.39, 0.29) is 0 Å². The van der Waals surface area contributed by atoms with Crippen LogP contribution in [-0.2, 0) is 13.6 Å². The molecule has 1 aromatic carbocycles. The minimum Gasteiger partial charge on any atom is -0.351 e. The summed E-state index contributed by atoms with van der Waals surface area (Å²) in [5.74, 6) is 2.47.